The number of ether oxygens (including phenoxy) is 1. The molecule has 2 aliphatic rings. The van der Waals surface area contributed by atoms with Crippen LogP contribution in [0.4, 0.5) is 10.5 Å². The van der Waals surface area contributed by atoms with Gasteiger partial charge in [-0.2, -0.15) is 0 Å². The Morgan fingerprint density at radius 2 is 2.13 bits per heavy atom. The summed E-state index contributed by atoms with van der Waals surface area (Å²) in [6.07, 6.45) is 4.50. The smallest absolute Gasteiger partial charge is 0.414 e. The molecule has 0 unspecified atom stereocenters. The molecule has 1 amide bonds. The van der Waals surface area contributed by atoms with Gasteiger partial charge in [-0.25, -0.2) is 4.79 Å². The Morgan fingerprint density at radius 1 is 1.35 bits per heavy atom. The molecule has 0 aromatic heterocycles. The standard InChI is InChI=1S/C19H28N2O2/c1-19(2,3)23-18(22)21-11-5-8-15-6-4-7-16(17(15)21)13-20-12-14-9-10-14/h4,6-7,14,20H,5,8-13H2,1-3H3. The fourth-order valence-electron chi connectivity index (χ4n) is 3.11. The van der Waals surface area contributed by atoms with E-state index in [1.165, 1.54) is 24.0 Å². The molecule has 0 spiro atoms. The highest BCUT2D eigenvalue weighted by molar-refractivity contribution is 5.90. The highest BCUT2D eigenvalue weighted by Crippen LogP contribution is 2.33. The molecule has 1 aliphatic heterocycles. The summed E-state index contributed by atoms with van der Waals surface area (Å²) in [5.74, 6) is 0.858. The number of carbonyl (C=O) groups is 1. The van der Waals surface area contributed by atoms with Crippen molar-refractivity contribution in [2.75, 3.05) is 18.0 Å². The Balaban J connectivity index is 1.78. The predicted molar refractivity (Wildman–Crippen MR) is 92.8 cm³/mol. The first-order chi connectivity index (χ1) is 10.9. The number of hydrogen-bond donors (Lipinski definition) is 1. The van der Waals surface area contributed by atoms with E-state index in [1.807, 2.05) is 25.7 Å². The highest BCUT2D eigenvalue weighted by atomic mass is 16.6. The molecular formula is C19H28N2O2. The second-order valence-corrected chi connectivity index (χ2v) is 7.73. The summed E-state index contributed by atoms with van der Waals surface area (Å²) < 4.78 is 5.61. The summed E-state index contributed by atoms with van der Waals surface area (Å²) >= 11 is 0. The van der Waals surface area contributed by atoms with Crippen LogP contribution in [0.15, 0.2) is 18.2 Å². The highest BCUT2D eigenvalue weighted by Gasteiger charge is 2.29. The van der Waals surface area contributed by atoms with E-state index in [4.69, 9.17) is 4.74 Å². The van der Waals surface area contributed by atoms with Crippen LogP contribution in [0.3, 0.4) is 0 Å². The zero-order valence-corrected chi connectivity index (χ0v) is 14.5. The second kappa shape index (κ2) is 6.52. The largest absolute Gasteiger partial charge is 0.443 e. The zero-order valence-electron chi connectivity index (χ0n) is 14.5. The molecule has 4 nitrogen and oxygen atoms in total. The fourth-order valence-corrected chi connectivity index (χ4v) is 3.11. The molecule has 126 valence electrons. The molecule has 1 aliphatic carbocycles. The summed E-state index contributed by atoms with van der Waals surface area (Å²) in [7, 11) is 0. The van der Waals surface area contributed by atoms with Gasteiger partial charge in [0.15, 0.2) is 0 Å². The Bertz CT molecular complexity index is 573. The summed E-state index contributed by atoms with van der Waals surface area (Å²) in [4.78, 5) is 14.4. The van der Waals surface area contributed by atoms with Crippen LogP contribution in [0.2, 0.25) is 0 Å². The number of hydrogen-bond acceptors (Lipinski definition) is 3. The van der Waals surface area contributed by atoms with Gasteiger partial charge >= 0.3 is 6.09 Å². The maximum Gasteiger partial charge on any atom is 0.414 e. The van der Waals surface area contributed by atoms with Crippen molar-refractivity contribution in [2.24, 2.45) is 5.92 Å². The molecule has 1 aromatic rings. The first-order valence-electron chi connectivity index (χ1n) is 8.76. The van der Waals surface area contributed by atoms with E-state index in [-0.39, 0.29) is 6.09 Å². The Hall–Kier alpha value is -1.55. The number of carbonyl (C=O) groups excluding carboxylic acids is 1. The van der Waals surface area contributed by atoms with Crippen molar-refractivity contribution in [3.63, 3.8) is 0 Å². The van der Waals surface area contributed by atoms with Crippen molar-refractivity contribution in [3.8, 4) is 0 Å². The van der Waals surface area contributed by atoms with Gasteiger partial charge in [0.25, 0.3) is 0 Å². The van der Waals surface area contributed by atoms with Gasteiger partial charge in [-0.05, 0) is 70.0 Å². The maximum atomic E-state index is 12.6. The number of para-hydroxylation sites is 1. The van der Waals surface area contributed by atoms with E-state index in [0.717, 1.165) is 44.1 Å². The van der Waals surface area contributed by atoms with Crippen molar-refractivity contribution in [2.45, 2.75) is 58.6 Å². The third kappa shape index (κ3) is 4.25. The van der Waals surface area contributed by atoms with E-state index in [2.05, 4.69) is 23.5 Å². The monoisotopic (exact) mass is 316 g/mol. The van der Waals surface area contributed by atoms with E-state index in [1.54, 1.807) is 0 Å². The minimum Gasteiger partial charge on any atom is -0.443 e. The van der Waals surface area contributed by atoms with Crippen LogP contribution in [0, 0.1) is 5.92 Å². The normalized spacial score (nSPS) is 17.8. The minimum absolute atomic E-state index is 0.229. The van der Waals surface area contributed by atoms with Crippen molar-refractivity contribution in [3.05, 3.63) is 29.3 Å². The lowest BCUT2D eigenvalue weighted by molar-refractivity contribution is 0.0577. The molecule has 4 heteroatoms. The second-order valence-electron chi connectivity index (χ2n) is 7.73. The van der Waals surface area contributed by atoms with E-state index in [0.29, 0.717) is 0 Å². The predicted octanol–water partition coefficient (Wildman–Crippen LogP) is 3.87. The summed E-state index contributed by atoms with van der Waals surface area (Å²) in [6, 6.07) is 6.36. The lowest BCUT2D eigenvalue weighted by Crippen LogP contribution is -2.40. The van der Waals surface area contributed by atoms with Gasteiger partial charge in [0, 0.05) is 13.1 Å². The number of nitrogens with zero attached hydrogens (tertiary/aromatic N) is 1. The minimum atomic E-state index is -0.464. The SMILES string of the molecule is CC(C)(C)OC(=O)N1CCCc2cccc(CNCC3CC3)c21. The van der Waals surface area contributed by atoms with Crippen LogP contribution in [-0.4, -0.2) is 24.8 Å². The molecule has 0 bridgehead atoms. The number of benzene rings is 1. The van der Waals surface area contributed by atoms with E-state index in [9.17, 15) is 4.79 Å². The molecule has 23 heavy (non-hydrogen) atoms. The molecule has 0 atom stereocenters. The molecule has 1 heterocycles. The number of nitrogens with one attached hydrogen (secondary N) is 1. The number of fused-ring (bicyclic) bond motifs is 1. The molecular weight excluding hydrogens is 288 g/mol. The number of aryl methyl sites for hydroxylation is 1. The molecule has 0 saturated heterocycles. The molecule has 1 N–H and O–H groups in total. The summed E-state index contributed by atoms with van der Waals surface area (Å²) in [5, 5.41) is 3.54. The topological polar surface area (TPSA) is 41.6 Å². The van der Waals surface area contributed by atoms with Crippen molar-refractivity contribution < 1.29 is 9.53 Å². The first kappa shape index (κ1) is 16.3. The van der Waals surface area contributed by atoms with Gasteiger partial charge in [-0.3, -0.25) is 4.90 Å². The van der Waals surface area contributed by atoms with Crippen molar-refractivity contribution in [1.29, 1.82) is 0 Å². The fraction of sp³-hybridized carbons (Fsp3) is 0.632. The molecule has 1 saturated carbocycles. The Labute approximate surface area is 139 Å². The molecule has 3 rings (SSSR count). The average molecular weight is 316 g/mol. The maximum absolute atomic E-state index is 12.6. The van der Waals surface area contributed by atoms with Crippen LogP contribution in [0.25, 0.3) is 0 Å². The van der Waals surface area contributed by atoms with Gasteiger partial charge in [-0.1, -0.05) is 18.2 Å². The number of rotatable bonds is 4. The van der Waals surface area contributed by atoms with Gasteiger partial charge in [-0.15, -0.1) is 0 Å². The number of anilines is 1. The van der Waals surface area contributed by atoms with Crippen LogP contribution < -0.4 is 10.2 Å². The van der Waals surface area contributed by atoms with Crippen LogP contribution in [0.5, 0.6) is 0 Å². The lowest BCUT2D eigenvalue weighted by Gasteiger charge is -2.33. The summed E-state index contributed by atoms with van der Waals surface area (Å²) in [5.41, 5.74) is 3.06. The lowest BCUT2D eigenvalue weighted by atomic mass is 9.98. The first-order valence-corrected chi connectivity index (χ1v) is 8.76. The Morgan fingerprint density at radius 3 is 2.83 bits per heavy atom. The third-order valence-corrected chi connectivity index (χ3v) is 4.36. The van der Waals surface area contributed by atoms with Crippen molar-refractivity contribution >= 4 is 11.8 Å². The van der Waals surface area contributed by atoms with Crippen LogP contribution >= 0.6 is 0 Å². The Kier molecular flexibility index (Phi) is 4.62. The van der Waals surface area contributed by atoms with Crippen LogP contribution in [0.1, 0.15) is 51.2 Å². The number of amides is 1. The quantitative estimate of drug-likeness (QED) is 0.916. The summed E-state index contributed by atoms with van der Waals surface area (Å²) in [6.45, 7) is 8.38. The molecule has 0 radical (unpaired) electrons. The van der Waals surface area contributed by atoms with E-state index >= 15 is 0 Å². The van der Waals surface area contributed by atoms with Gasteiger partial charge < -0.3 is 10.1 Å². The zero-order chi connectivity index (χ0) is 16.4. The average Bonchev–Trinajstić information content (AvgIpc) is 3.29. The molecule has 1 aromatic carbocycles. The van der Waals surface area contributed by atoms with Crippen molar-refractivity contribution in [1.82, 2.24) is 5.32 Å². The van der Waals surface area contributed by atoms with Crippen LogP contribution in [-0.2, 0) is 17.7 Å². The van der Waals surface area contributed by atoms with Gasteiger partial charge in [0.2, 0.25) is 0 Å². The van der Waals surface area contributed by atoms with Gasteiger partial charge in [0.1, 0.15) is 5.60 Å². The van der Waals surface area contributed by atoms with Gasteiger partial charge in [0.05, 0.1) is 5.69 Å². The molecule has 1 fully saturated rings. The van der Waals surface area contributed by atoms with E-state index < -0.39 is 5.60 Å². The third-order valence-electron chi connectivity index (χ3n) is 4.36.